The maximum atomic E-state index is 11.1. The van der Waals surface area contributed by atoms with Crippen molar-refractivity contribution < 1.29 is 19.4 Å². The minimum atomic E-state index is -1.04. The van der Waals surface area contributed by atoms with E-state index in [1.165, 1.54) is 20.3 Å². The molecule has 0 amide bonds. The van der Waals surface area contributed by atoms with Crippen molar-refractivity contribution in [1.82, 2.24) is 0 Å². The second kappa shape index (κ2) is 5.95. The Morgan fingerprint density at radius 3 is 2.41 bits per heavy atom. The number of carboxylic acids is 1. The van der Waals surface area contributed by atoms with Crippen LogP contribution in [-0.2, 0) is 0 Å². The van der Waals surface area contributed by atoms with Crippen molar-refractivity contribution in [2.24, 2.45) is 5.73 Å². The van der Waals surface area contributed by atoms with Gasteiger partial charge in [0.15, 0.2) is 11.5 Å². The minimum Gasteiger partial charge on any atom is -0.493 e. The third-order valence-electron chi connectivity index (χ3n) is 2.21. The number of hydrogen-bond acceptors (Lipinski definition) is 5. The Balaban J connectivity index is 3.19. The second-order valence-electron chi connectivity index (χ2n) is 3.27. The predicted octanol–water partition coefficient (Wildman–Crippen LogP) is 0.773. The van der Waals surface area contributed by atoms with Crippen LogP contribution in [0.5, 0.6) is 11.5 Å². The number of carboxylic acid groups (broad SMARTS) is 1. The van der Waals surface area contributed by atoms with Crippen LogP contribution in [0.4, 0.5) is 5.69 Å². The van der Waals surface area contributed by atoms with E-state index in [4.69, 9.17) is 20.3 Å². The van der Waals surface area contributed by atoms with E-state index in [1.807, 2.05) is 0 Å². The fourth-order valence-corrected chi connectivity index (χ4v) is 1.41. The number of nitrogens with two attached hydrogens (primary N) is 1. The highest BCUT2D eigenvalue weighted by molar-refractivity contribution is 5.95. The zero-order valence-corrected chi connectivity index (χ0v) is 9.82. The highest BCUT2D eigenvalue weighted by atomic mass is 16.5. The largest absolute Gasteiger partial charge is 0.493 e. The molecule has 4 N–H and O–H groups in total. The van der Waals surface area contributed by atoms with E-state index >= 15 is 0 Å². The lowest BCUT2D eigenvalue weighted by molar-refractivity contribution is 0.0697. The summed E-state index contributed by atoms with van der Waals surface area (Å²) in [5.74, 6) is -0.189. The average Bonchev–Trinajstić information content (AvgIpc) is 2.34. The third-order valence-corrected chi connectivity index (χ3v) is 2.21. The summed E-state index contributed by atoms with van der Waals surface area (Å²) >= 11 is 0. The summed E-state index contributed by atoms with van der Waals surface area (Å²) in [6, 6.07) is 3.00. The molecule has 0 fully saturated rings. The van der Waals surface area contributed by atoms with Crippen molar-refractivity contribution in [2.45, 2.75) is 0 Å². The maximum Gasteiger partial charge on any atom is 0.337 e. The van der Waals surface area contributed by atoms with Gasteiger partial charge in [0.25, 0.3) is 0 Å². The van der Waals surface area contributed by atoms with Gasteiger partial charge in [0.1, 0.15) is 0 Å². The molecule has 17 heavy (non-hydrogen) atoms. The van der Waals surface area contributed by atoms with Gasteiger partial charge in [-0.1, -0.05) is 0 Å². The number of benzene rings is 1. The van der Waals surface area contributed by atoms with Gasteiger partial charge in [-0.2, -0.15) is 0 Å². The second-order valence-corrected chi connectivity index (χ2v) is 3.27. The summed E-state index contributed by atoms with van der Waals surface area (Å²) in [7, 11) is 2.95. The van der Waals surface area contributed by atoms with Crippen LogP contribution in [0.25, 0.3) is 0 Å². The maximum absolute atomic E-state index is 11.1. The van der Waals surface area contributed by atoms with Crippen LogP contribution in [-0.4, -0.2) is 38.4 Å². The topological polar surface area (TPSA) is 93.8 Å². The molecule has 0 aliphatic heterocycles. The van der Waals surface area contributed by atoms with Crippen molar-refractivity contribution in [2.75, 3.05) is 32.6 Å². The molecule has 0 spiro atoms. The van der Waals surface area contributed by atoms with Crippen LogP contribution in [0.2, 0.25) is 0 Å². The van der Waals surface area contributed by atoms with Gasteiger partial charge in [0.2, 0.25) is 0 Å². The van der Waals surface area contributed by atoms with Crippen LogP contribution in [0.1, 0.15) is 10.4 Å². The molecule has 94 valence electrons. The van der Waals surface area contributed by atoms with Crippen LogP contribution in [0.15, 0.2) is 12.1 Å². The van der Waals surface area contributed by atoms with Crippen molar-refractivity contribution in [1.29, 1.82) is 0 Å². The Hall–Kier alpha value is -1.95. The van der Waals surface area contributed by atoms with Crippen LogP contribution >= 0.6 is 0 Å². The monoisotopic (exact) mass is 240 g/mol. The molecule has 0 bridgehead atoms. The van der Waals surface area contributed by atoms with E-state index in [0.717, 1.165) is 0 Å². The van der Waals surface area contributed by atoms with Gasteiger partial charge in [-0.3, -0.25) is 0 Å². The molecule has 0 heterocycles. The first kappa shape index (κ1) is 13.1. The van der Waals surface area contributed by atoms with Crippen LogP contribution < -0.4 is 20.5 Å². The molecule has 1 rings (SSSR count). The Kier molecular flexibility index (Phi) is 4.59. The van der Waals surface area contributed by atoms with E-state index < -0.39 is 5.97 Å². The summed E-state index contributed by atoms with van der Waals surface area (Å²) < 4.78 is 10.1. The first-order valence-corrected chi connectivity index (χ1v) is 5.07. The van der Waals surface area contributed by atoms with Gasteiger partial charge >= 0.3 is 5.97 Å². The number of carbonyl (C=O) groups is 1. The summed E-state index contributed by atoms with van der Waals surface area (Å²) in [5.41, 5.74) is 5.94. The standard InChI is InChI=1S/C11H16N2O4/c1-16-9-5-7(11(14)15)8(13-4-3-12)6-10(9)17-2/h5-6,13H,3-4,12H2,1-2H3,(H,14,15). The van der Waals surface area contributed by atoms with Gasteiger partial charge in [0.05, 0.1) is 25.5 Å². The average molecular weight is 240 g/mol. The lowest BCUT2D eigenvalue weighted by Gasteiger charge is -2.13. The number of aromatic carboxylic acids is 1. The minimum absolute atomic E-state index is 0.121. The SMILES string of the molecule is COc1cc(NCCN)c(C(=O)O)cc1OC. The number of methoxy groups -OCH3 is 2. The quantitative estimate of drug-likeness (QED) is 0.680. The van der Waals surface area contributed by atoms with E-state index in [2.05, 4.69) is 5.32 Å². The number of anilines is 1. The van der Waals surface area contributed by atoms with Crippen molar-refractivity contribution >= 4 is 11.7 Å². The molecular weight excluding hydrogens is 224 g/mol. The molecule has 0 unspecified atom stereocenters. The van der Waals surface area contributed by atoms with Gasteiger partial charge in [-0.05, 0) is 0 Å². The van der Waals surface area contributed by atoms with Gasteiger partial charge < -0.3 is 25.6 Å². The highest BCUT2D eigenvalue weighted by Gasteiger charge is 2.15. The summed E-state index contributed by atoms with van der Waals surface area (Å²) in [5, 5.41) is 12.0. The van der Waals surface area contributed by atoms with Crippen LogP contribution in [0.3, 0.4) is 0 Å². The lowest BCUT2D eigenvalue weighted by atomic mass is 10.1. The molecule has 0 aliphatic carbocycles. The normalized spacial score (nSPS) is 9.82. The van der Waals surface area contributed by atoms with E-state index in [-0.39, 0.29) is 5.56 Å². The molecule has 6 nitrogen and oxygen atoms in total. The zero-order chi connectivity index (χ0) is 12.8. The van der Waals surface area contributed by atoms with Gasteiger partial charge in [-0.25, -0.2) is 4.79 Å². The van der Waals surface area contributed by atoms with Gasteiger partial charge in [0, 0.05) is 25.2 Å². The third kappa shape index (κ3) is 3.01. The van der Waals surface area contributed by atoms with Crippen molar-refractivity contribution in [3.05, 3.63) is 17.7 Å². The molecule has 0 atom stereocenters. The zero-order valence-electron chi connectivity index (χ0n) is 9.82. The fraction of sp³-hybridized carbons (Fsp3) is 0.364. The molecule has 6 heteroatoms. The summed E-state index contributed by atoms with van der Waals surface area (Å²) in [6.45, 7) is 0.892. The summed E-state index contributed by atoms with van der Waals surface area (Å²) in [4.78, 5) is 11.1. The number of ether oxygens (including phenoxy) is 2. The molecule has 1 aromatic rings. The smallest absolute Gasteiger partial charge is 0.337 e. The summed E-state index contributed by atoms with van der Waals surface area (Å²) in [6.07, 6.45) is 0. The highest BCUT2D eigenvalue weighted by Crippen LogP contribution is 2.33. The Labute approximate surface area is 99.3 Å². The lowest BCUT2D eigenvalue weighted by Crippen LogP contribution is -2.15. The fourth-order valence-electron chi connectivity index (χ4n) is 1.41. The molecule has 0 radical (unpaired) electrons. The van der Waals surface area contributed by atoms with Crippen molar-refractivity contribution in [3.63, 3.8) is 0 Å². The Morgan fingerprint density at radius 2 is 1.94 bits per heavy atom. The van der Waals surface area contributed by atoms with E-state index in [0.29, 0.717) is 30.3 Å². The molecular formula is C11H16N2O4. The molecule has 1 aromatic carbocycles. The molecule has 0 aromatic heterocycles. The molecule has 0 aliphatic rings. The van der Waals surface area contributed by atoms with Crippen LogP contribution in [0, 0.1) is 0 Å². The Bertz CT molecular complexity index is 407. The van der Waals surface area contributed by atoms with Crippen molar-refractivity contribution in [3.8, 4) is 11.5 Å². The number of rotatable bonds is 6. The first-order valence-electron chi connectivity index (χ1n) is 5.07. The molecule has 0 saturated carbocycles. The number of hydrogen-bond donors (Lipinski definition) is 3. The first-order chi connectivity index (χ1) is 8.13. The predicted molar refractivity (Wildman–Crippen MR) is 64.0 cm³/mol. The van der Waals surface area contributed by atoms with E-state index in [9.17, 15) is 4.79 Å². The Morgan fingerprint density at radius 1 is 1.35 bits per heavy atom. The number of nitrogens with one attached hydrogen (secondary N) is 1. The van der Waals surface area contributed by atoms with Gasteiger partial charge in [-0.15, -0.1) is 0 Å². The molecule has 0 saturated heterocycles. The van der Waals surface area contributed by atoms with E-state index in [1.54, 1.807) is 6.07 Å².